The quantitative estimate of drug-likeness (QED) is 0.773. The maximum absolute atomic E-state index is 12.5. The molecular weight excluding hydrogens is 371 g/mol. The Bertz CT molecular complexity index is 595. The van der Waals surface area contributed by atoms with Crippen LogP contribution in [0.1, 0.15) is 32.8 Å². The Morgan fingerprint density at radius 2 is 2.08 bits per heavy atom. The zero-order chi connectivity index (χ0) is 17.3. The third-order valence-corrected chi connectivity index (χ3v) is 5.52. The maximum atomic E-state index is 12.5. The molecule has 7 heteroatoms. The Morgan fingerprint density at radius 3 is 2.62 bits per heavy atom. The fraction of sp³-hybridized carbons (Fsp3) is 0.588. The van der Waals surface area contributed by atoms with Crippen molar-refractivity contribution < 1.29 is 9.53 Å². The van der Waals surface area contributed by atoms with Crippen molar-refractivity contribution in [3.63, 3.8) is 0 Å². The van der Waals surface area contributed by atoms with E-state index in [4.69, 9.17) is 33.7 Å². The van der Waals surface area contributed by atoms with E-state index in [1.807, 2.05) is 26.8 Å². The van der Waals surface area contributed by atoms with Gasteiger partial charge in [0.1, 0.15) is 5.54 Å². The summed E-state index contributed by atoms with van der Waals surface area (Å²) >= 11 is 12.0. The molecule has 1 aliphatic carbocycles. The van der Waals surface area contributed by atoms with Crippen LogP contribution in [0.25, 0.3) is 0 Å². The molecule has 0 bridgehead atoms. The molecule has 2 atom stereocenters. The minimum Gasteiger partial charge on any atom is -0.378 e. The first-order valence-corrected chi connectivity index (χ1v) is 8.60. The normalized spacial score (nSPS) is 24.7. The molecule has 0 saturated heterocycles. The van der Waals surface area contributed by atoms with Gasteiger partial charge in [0.25, 0.3) is 0 Å². The number of halogens is 3. The van der Waals surface area contributed by atoms with E-state index in [2.05, 4.69) is 5.32 Å². The zero-order valence-electron chi connectivity index (χ0n) is 14.2. The third-order valence-electron chi connectivity index (χ3n) is 4.93. The van der Waals surface area contributed by atoms with E-state index in [9.17, 15) is 4.79 Å². The van der Waals surface area contributed by atoms with E-state index in [1.165, 1.54) is 0 Å². The van der Waals surface area contributed by atoms with Gasteiger partial charge >= 0.3 is 0 Å². The van der Waals surface area contributed by atoms with Crippen molar-refractivity contribution in [2.75, 3.05) is 13.2 Å². The number of carbonyl (C=O) groups excluding carboxylic acids is 1. The highest BCUT2D eigenvalue weighted by Gasteiger charge is 2.62. The van der Waals surface area contributed by atoms with E-state index < -0.39 is 5.54 Å². The van der Waals surface area contributed by atoms with Crippen molar-refractivity contribution in [2.45, 2.75) is 45.3 Å². The standard InChI is InChI=1S/C17H24Cl2N2O2.ClH/c1-4-23-14-10-17(20,16(14,2)3)15(22)21-8-7-11-5-6-12(18)9-13(11)19;/h5-6,9,14H,4,7-8,10,20H2,1-3H3,(H,21,22);1H. The predicted octanol–water partition coefficient (Wildman–Crippen LogP) is 3.61. The van der Waals surface area contributed by atoms with Crippen LogP contribution in [0.2, 0.25) is 10.0 Å². The van der Waals surface area contributed by atoms with Gasteiger partial charge in [0.15, 0.2) is 0 Å². The molecule has 0 heterocycles. The molecule has 0 radical (unpaired) electrons. The Hall–Kier alpha value is -0.520. The molecule has 1 aromatic rings. The van der Waals surface area contributed by atoms with Gasteiger partial charge < -0.3 is 15.8 Å². The number of rotatable bonds is 6. The van der Waals surface area contributed by atoms with Crippen molar-refractivity contribution in [3.8, 4) is 0 Å². The average Bonchev–Trinajstić information content (AvgIpc) is 2.48. The first kappa shape index (κ1) is 21.5. The highest BCUT2D eigenvalue weighted by Crippen LogP contribution is 2.49. The lowest BCUT2D eigenvalue weighted by Crippen LogP contribution is -2.75. The molecule has 0 aromatic heterocycles. The number of amides is 1. The minimum absolute atomic E-state index is 0. The van der Waals surface area contributed by atoms with Crippen LogP contribution in [0.5, 0.6) is 0 Å². The largest absolute Gasteiger partial charge is 0.378 e. The van der Waals surface area contributed by atoms with Crippen LogP contribution in [0.3, 0.4) is 0 Å². The maximum Gasteiger partial charge on any atom is 0.240 e. The summed E-state index contributed by atoms with van der Waals surface area (Å²) in [6.45, 7) is 7.01. The number of hydrogen-bond donors (Lipinski definition) is 2. The summed E-state index contributed by atoms with van der Waals surface area (Å²) in [5.41, 5.74) is 6.01. The average molecular weight is 396 g/mol. The molecule has 0 spiro atoms. The molecule has 3 N–H and O–H groups in total. The fourth-order valence-electron chi connectivity index (χ4n) is 3.01. The predicted molar refractivity (Wildman–Crippen MR) is 101 cm³/mol. The van der Waals surface area contributed by atoms with E-state index in [0.29, 0.717) is 36.0 Å². The molecule has 0 aliphatic heterocycles. The molecule has 24 heavy (non-hydrogen) atoms. The van der Waals surface area contributed by atoms with E-state index in [0.717, 1.165) is 5.56 Å². The molecule has 1 fully saturated rings. The van der Waals surface area contributed by atoms with Crippen molar-refractivity contribution >= 4 is 41.5 Å². The second kappa shape index (κ2) is 8.24. The van der Waals surface area contributed by atoms with Gasteiger partial charge in [0.2, 0.25) is 5.91 Å². The van der Waals surface area contributed by atoms with Crippen LogP contribution < -0.4 is 11.1 Å². The summed E-state index contributed by atoms with van der Waals surface area (Å²) < 4.78 is 5.65. The van der Waals surface area contributed by atoms with Crippen molar-refractivity contribution in [3.05, 3.63) is 33.8 Å². The Kier molecular flexibility index (Phi) is 7.39. The van der Waals surface area contributed by atoms with Crippen molar-refractivity contribution in [1.29, 1.82) is 0 Å². The molecule has 1 amide bonds. The van der Waals surface area contributed by atoms with E-state index in [1.54, 1.807) is 12.1 Å². The lowest BCUT2D eigenvalue weighted by atomic mass is 9.54. The van der Waals surface area contributed by atoms with Gasteiger partial charge in [-0.3, -0.25) is 4.79 Å². The molecule has 2 unspecified atom stereocenters. The SMILES string of the molecule is CCOC1CC(N)(C(=O)NCCc2ccc(Cl)cc2Cl)C1(C)C.Cl. The summed E-state index contributed by atoms with van der Waals surface area (Å²) in [6, 6.07) is 5.36. The fourth-order valence-corrected chi connectivity index (χ4v) is 3.52. The molecule has 1 aliphatic rings. The summed E-state index contributed by atoms with van der Waals surface area (Å²) in [6.07, 6.45) is 1.20. The van der Waals surface area contributed by atoms with Gasteiger partial charge in [-0.1, -0.05) is 43.1 Å². The monoisotopic (exact) mass is 394 g/mol. The molecule has 2 rings (SSSR count). The van der Waals surface area contributed by atoms with Gasteiger partial charge in [-0.2, -0.15) is 0 Å². The lowest BCUT2D eigenvalue weighted by Gasteiger charge is -2.57. The number of ether oxygens (including phenoxy) is 1. The van der Waals surface area contributed by atoms with Crippen LogP contribution in [0, 0.1) is 5.41 Å². The molecule has 1 aromatic carbocycles. The number of nitrogens with two attached hydrogens (primary N) is 1. The summed E-state index contributed by atoms with van der Waals surface area (Å²) in [4.78, 5) is 12.5. The van der Waals surface area contributed by atoms with Crippen LogP contribution in [0.15, 0.2) is 18.2 Å². The summed E-state index contributed by atoms with van der Waals surface area (Å²) in [5, 5.41) is 4.13. The minimum atomic E-state index is -0.892. The molecular formula is C17H25Cl3N2O2. The lowest BCUT2D eigenvalue weighted by molar-refractivity contribution is -0.170. The van der Waals surface area contributed by atoms with Gasteiger partial charge in [0.05, 0.1) is 6.10 Å². The highest BCUT2D eigenvalue weighted by atomic mass is 35.5. The van der Waals surface area contributed by atoms with Crippen LogP contribution in [0.4, 0.5) is 0 Å². The van der Waals surface area contributed by atoms with Crippen LogP contribution in [-0.4, -0.2) is 30.7 Å². The van der Waals surface area contributed by atoms with Crippen molar-refractivity contribution in [2.24, 2.45) is 11.1 Å². The van der Waals surface area contributed by atoms with Crippen LogP contribution >= 0.6 is 35.6 Å². The van der Waals surface area contributed by atoms with Crippen molar-refractivity contribution in [1.82, 2.24) is 5.32 Å². The van der Waals surface area contributed by atoms with Gasteiger partial charge in [0, 0.05) is 35.0 Å². The second-order valence-corrected chi connectivity index (χ2v) is 7.43. The van der Waals surface area contributed by atoms with E-state index >= 15 is 0 Å². The number of hydrogen-bond acceptors (Lipinski definition) is 3. The Labute approximate surface area is 159 Å². The number of nitrogens with one attached hydrogen (secondary N) is 1. The summed E-state index contributed by atoms with van der Waals surface area (Å²) in [7, 11) is 0. The Balaban J connectivity index is 0.00000288. The second-order valence-electron chi connectivity index (χ2n) is 6.58. The molecule has 4 nitrogen and oxygen atoms in total. The van der Waals surface area contributed by atoms with Gasteiger partial charge in [-0.05, 0) is 31.0 Å². The van der Waals surface area contributed by atoms with E-state index in [-0.39, 0.29) is 29.8 Å². The zero-order valence-corrected chi connectivity index (χ0v) is 16.5. The number of carbonyl (C=O) groups is 1. The molecule has 136 valence electrons. The van der Waals surface area contributed by atoms with Crippen LogP contribution in [-0.2, 0) is 16.0 Å². The first-order valence-electron chi connectivity index (χ1n) is 7.85. The smallest absolute Gasteiger partial charge is 0.240 e. The third kappa shape index (κ3) is 4.00. The highest BCUT2D eigenvalue weighted by molar-refractivity contribution is 6.35. The van der Waals surface area contributed by atoms with Gasteiger partial charge in [-0.15, -0.1) is 12.4 Å². The molecule has 1 saturated carbocycles. The Morgan fingerprint density at radius 1 is 1.42 bits per heavy atom. The first-order chi connectivity index (χ1) is 10.7. The summed E-state index contributed by atoms with van der Waals surface area (Å²) in [5.74, 6) is -0.136. The van der Waals surface area contributed by atoms with Gasteiger partial charge in [-0.25, -0.2) is 0 Å². The number of benzene rings is 1. The topological polar surface area (TPSA) is 64.3 Å².